The van der Waals surface area contributed by atoms with Gasteiger partial charge in [0, 0.05) is 57.4 Å². The van der Waals surface area contributed by atoms with Crippen molar-refractivity contribution in [3.05, 3.63) is 39.3 Å². The zero-order valence-electron chi connectivity index (χ0n) is 18.5. The molecule has 5 rings (SSSR count). The Bertz CT molecular complexity index is 1020. The van der Waals surface area contributed by atoms with Crippen molar-refractivity contribution in [3.63, 3.8) is 0 Å². The number of rotatable bonds is 3. The maximum absolute atomic E-state index is 13.5. The fraction of sp³-hybridized carbons (Fsp3) is 0.565. The number of hydrogen-bond donors (Lipinski definition) is 0. The molecule has 170 valence electrons. The van der Waals surface area contributed by atoms with Gasteiger partial charge in [-0.25, -0.2) is 0 Å². The molecular formula is C23H29N5O3S. The van der Waals surface area contributed by atoms with Crippen molar-refractivity contribution < 1.29 is 14.4 Å². The molecule has 1 unspecified atom stereocenters. The highest BCUT2D eigenvalue weighted by Gasteiger charge is 2.36. The summed E-state index contributed by atoms with van der Waals surface area (Å²) >= 11 is 1.43. The van der Waals surface area contributed by atoms with Gasteiger partial charge in [0.25, 0.3) is 11.8 Å². The number of hydrogen-bond acceptors (Lipinski definition) is 5. The maximum atomic E-state index is 13.5. The summed E-state index contributed by atoms with van der Waals surface area (Å²) < 4.78 is 1.78. The van der Waals surface area contributed by atoms with Crippen molar-refractivity contribution in [2.75, 3.05) is 32.7 Å². The van der Waals surface area contributed by atoms with Crippen LogP contribution in [-0.4, -0.2) is 74.9 Å². The van der Waals surface area contributed by atoms with Crippen LogP contribution in [0.15, 0.2) is 17.5 Å². The van der Waals surface area contributed by atoms with E-state index in [9.17, 15) is 14.4 Å². The summed E-state index contributed by atoms with van der Waals surface area (Å²) in [6.07, 6.45) is 4.49. The molecule has 0 saturated carbocycles. The van der Waals surface area contributed by atoms with Gasteiger partial charge in [-0.05, 0) is 37.1 Å². The van der Waals surface area contributed by atoms with Crippen LogP contribution in [0.1, 0.15) is 57.1 Å². The summed E-state index contributed by atoms with van der Waals surface area (Å²) in [4.78, 5) is 45.5. The van der Waals surface area contributed by atoms with Gasteiger partial charge in [0.2, 0.25) is 5.91 Å². The minimum atomic E-state index is -0.123. The predicted octanol–water partition coefficient (Wildman–Crippen LogP) is 2.15. The molecule has 2 fully saturated rings. The fourth-order valence-corrected chi connectivity index (χ4v) is 5.89. The molecule has 3 aliphatic heterocycles. The van der Waals surface area contributed by atoms with Crippen LogP contribution < -0.4 is 0 Å². The number of fused-ring (bicyclic) bond motifs is 1. The first-order valence-corrected chi connectivity index (χ1v) is 12.4. The second-order valence-corrected chi connectivity index (χ2v) is 9.92. The number of carbonyl (C=O) groups is 3. The third-order valence-electron chi connectivity index (χ3n) is 6.94. The smallest absolute Gasteiger partial charge is 0.274 e. The minimum Gasteiger partial charge on any atom is -0.342 e. The van der Waals surface area contributed by atoms with Crippen LogP contribution in [-0.2, 0) is 24.8 Å². The number of likely N-dealkylation sites (tertiary alicyclic amines) is 2. The summed E-state index contributed by atoms with van der Waals surface area (Å²) in [5.74, 6) is -0.0497. The quantitative estimate of drug-likeness (QED) is 0.711. The van der Waals surface area contributed by atoms with Crippen molar-refractivity contribution >= 4 is 29.1 Å². The van der Waals surface area contributed by atoms with E-state index in [2.05, 4.69) is 5.10 Å². The zero-order chi connectivity index (χ0) is 22.2. The molecule has 5 heterocycles. The third-order valence-corrected chi connectivity index (χ3v) is 7.80. The van der Waals surface area contributed by atoms with E-state index >= 15 is 0 Å². The van der Waals surface area contributed by atoms with Crippen LogP contribution in [0.3, 0.4) is 0 Å². The summed E-state index contributed by atoms with van der Waals surface area (Å²) in [5, 5.41) is 6.47. The molecule has 0 aliphatic carbocycles. The van der Waals surface area contributed by atoms with E-state index in [-0.39, 0.29) is 23.6 Å². The molecule has 2 aromatic rings. The average Bonchev–Trinajstić information content (AvgIpc) is 3.59. The van der Waals surface area contributed by atoms with Crippen LogP contribution in [0.2, 0.25) is 0 Å². The Kier molecular flexibility index (Phi) is 5.75. The summed E-state index contributed by atoms with van der Waals surface area (Å²) in [6.45, 7) is 3.79. The van der Waals surface area contributed by atoms with Crippen molar-refractivity contribution in [1.29, 1.82) is 0 Å². The van der Waals surface area contributed by atoms with Crippen LogP contribution in [0.25, 0.3) is 0 Å². The number of amides is 3. The summed E-state index contributed by atoms with van der Waals surface area (Å²) in [5.41, 5.74) is 2.30. The monoisotopic (exact) mass is 455 g/mol. The highest BCUT2D eigenvalue weighted by molar-refractivity contribution is 7.12. The van der Waals surface area contributed by atoms with Crippen molar-refractivity contribution in [2.24, 2.45) is 13.0 Å². The molecule has 2 saturated heterocycles. The molecule has 32 heavy (non-hydrogen) atoms. The van der Waals surface area contributed by atoms with E-state index < -0.39 is 0 Å². The van der Waals surface area contributed by atoms with Gasteiger partial charge in [0.15, 0.2) is 5.69 Å². The molecule has 0 spiro atoms. The standard InChI is InChI=1S/C23H29N5O3S/c1-25-18-8-12-28(22(30)19-7-5-13-32-19)15-17(18)20(24-25)23(31)27-11-4-6-16(14-27)21(29)26-9-2-3-10-26/h5,7,13,16H,2-4,6,8-12,14-15H2,1H3. The van der Waals surface area contributed by atoms with E-state index in [1.165, 1.54) is 11.3 Å². The van der Waals surface area contributed by atoms with E-state index in [4.69, 9.17) is 0 Å². The largest absolute Gasteiger partial charge is 0.342 e. The van der Waals surface area contributed by atoms with E-state index in [0.717, 1.165) is 50.0 Å². The van der Waals surface area contributed by atoms with E-state index in [0.29, 0.717) is 43.2 Å². The number of carbonyl (C=O) groups excluding carboxylic acids is 3. The first-order valence-electron chi connectivity index (χ1n) is 11.5. The molecule has 3 amide bonds. The molecule has 2 aromatic heterocycles. The molecular weight excluding hydrogens is 426 g/mol. The van der Waals surface area contributed by atoms with Crippen molar-refractivity contribution in [2.45, 2.75) is 38.6 Å². The second kappa shape index (κ2) is 8.69. The second-order valence-electron chi connectivity index (χ2n) is 8.97. The van der Waals surface area contributed by atoms with Gasteiger partial charge < -0.3 is 14.7 Å². The van der Waals surface area contributed by atoms with Gasteiger partial charge in [0.1, 0.15) is 0 Å². The number of piperidine rings is 1. The summed E-state index contributed by atoms with van der Waals surface area (Å²) in [7, 11) is 1.86. The molecule has 0 N–H and O–H groups in total. The maximum Gasteiger partial charge on any atom is 0.274 e. The van der Waals surface area contributed by atoms with E-state index in [1.807, 2.05) is 34.4 Å². The van der Waals surface area contributed by atoms with Gasteiger partial charge >= 0.3 is 0 Å². The van der Waals surface area contributed by atoms with E-state index in [1.54, 1.807) is 9.58 Å². The third kappa shape index (κ3) is 3.83. The molecule has 1 atom stereocenters. The van der Waals surface area contributed by atoms with Crippen LogP contribution >= 0.6 is 11.3 Å². The summed E-state index contributed by atoms with van der Waals surface area (Å²) in [6, 6.07) is 3.71. The Hall–Kier alpha value is -2.68. The molecule has 8 nitrogen and oxygen atoms in total. The predicted molar refractivity (Wildman–Crippen MR) is 120 cm³/mol. The lowest BCUT2D eigenvalue weighted by molar-refractivity contribution is -0.135. The first-order chi connectivity index (χ1) is 15.5. The van der Waals surface area contributed by atoms with Crippen LogP contribution in [0.5, 0.6) is 0 Å². The molecule has 0 bridgehead atoms. The average molecular weight is 456 g/mol. The SMILES string of the molecule is Cn1nc(C(=O)N2CCCC(C(=O)N3CCCC3)C2)c2c1CCN(C(=O)c1cccs1)C2. The first kappa shape index (κ1) is 21.2. The Morgan fingerprint density at radius 1 is 1.00 bits per heavy atom. The number of aryl methyl sites for hydroxylation is 1. The molecule has 9 heteroatoms. The zero-order valence-corrected chi connectivity index (χ0v) is 19.3. The Morgan fingerprint density at radius 3 is 2.53 bits per heavy atom. The lowest BCUT2D eigenvalue weighted by Crippen LogP contribution is -2.46. The minimum absolute atomic E-state index is 0.00199. The normalized spacial score (nSPS) is 21.0. The van der Waals surface area contributed by atoms with Crippen LogP contribution in [0.4, 0.5) is 0 Å². The number of aromatic nitrogens is 2. The Balaban J connectivity index is 1.33. The van der Waals surface area contributed by atoms with Gasteiger partial charge in [0.05, 0.1) is 17.3 Å². The molecule has 0 radical (unpaired) electrons. The van der Waals surface area contributed by atoms with Gasteiger partial charge in [-0.2, -0.15) is 5.10 Å². The van der Waals surface area contributed by atoms with Crippen molar-refractivity contribution in [1.82, 2.24) is 24.5 Å². The lowest BCUT2D eigenvalue weighted by Gasteiger charge is -2.34. The number of thiophene rings is 1. The molecule has 3 aliphatic rings. The Morgan fingerprint density at radius 2 is 1.78 bits per heavy atom. The highest BCUT2D eigenvalue weighted by Crippen LogP contribution is 2.27. The molecule has 0 aromatic carbocycles. The number of nitrogens with zero attached hydrogens (tertiary/aromatic N) is 5. The van der Waals surface area contributed by atoms with Gasteiger partial charge in [-0.3, -0.25) is 19.1 Å². The van der Waals surface area contributed by atoms with Gasteiger partial charge in [-0.15, -0.1) is 11.3 Å². The van der Waals surface area contributed by atoms with Gasteiger partial charge in [-0.1, -0.05) is 6.07 Å². The van der Waals surface area contributed by atoms with Crippen molar-refractivity contribution in [3.8, 4) is 0 Å². The lowest BCUT2D eigenvalue weighted by atomic mass is 9.95. The topological polar surface area (TPSA) is 78.8 Å². The fourth-order valence-electron chi connectivity index (χ4n) is 5.20. The van der Waals surface area contributed by atoms with Crippen LogP contribution in [0, 0.1) is 5.92 Å². The Labute approximate surface area is 191 Å². The highest BCUT2D eigenvalue weighted by atomic mass is 32.1.